The van der Waals surface area contributed by atoms with Crippen molar-refractivity contribution in [2.45, 2.75) is 65.1 Å². The van der Waals surface area contributed by atoms with Gasteiger partial charge in [-0.3, -0.25) is 4.98 Å². The molecular weight excluding hydrogens is 302 g/mol. The Kier molecular flexibility index (Phi) is 4.56. The quantitative estimate of drug-likeness (QED) is 0.923. The highest BCUT2D eigenvalue weighted by molar-refractivity contribution is 5.69. The summed E-state index contributed by atoms with van der Waals surface area (Å²) in [5.41, 5.74) is 2.24. The molecule has 5 heteroatoms. The van der Waals surface area contributed by atoms with Gasteiger partial charge < -0.3 is 15.0 Å². The fourth-order valence-corrected chi connectivity index (χ4v) is 3.86. The molecule has 24 heavy (non-hydrogen) atoms. The number of carbonyl (C=O) groups excluding carboxylic acids is 1. The van der Waals surface area contributed by atoms with E-state index in [0.29, 0.717) is 11.5 Å². The second-order valence-electron chi connectivity index (χ2n) is 8.46. The molecule has 2 heterocycles. The zero-order valence-electron chi connectivity index (χ0n) is 15.3. The molecule has 1 unspecified atom stereocenters. The highest BCUT2D eigenvalue weighted by Gasteiger charge is 2.50. The molecule has 1 aliphatic heterocycles. The van der Waals surface area contributed by atoms with Crippen LogP contribution in [0.25, 0.3) is 0 Å². The average Bonchev–Trinajstić information content (AvgIpc) is 2.86. The number of aryl methyl sites for hydroxylation is 1. The molecule has 1 aromatic rings. The summed E-state index contributed by atoms with van der Waals surface area (Å²) in [7, 11) is 0. The second-order valence-corrected chi connectivity index (χ2v) is 8.46. The van der Waals surface area contributed by atoms with E-state index in [2.05, 4.69) is 22.4 Å². The third-order valence-electron chi connectivity index (χ3n) is 4.96. The van der Waals surface area contributed by atoms with Gasteiger partial charge in [0.25, 0.3) is 0 Å². The predicted octanol–water partition coefficient (Wildman–Crippen LogP) is 3.27. The van der Waals surface area contributed by atoms with E-state index in [-0.39, 0.29) is 6.09 Å². The van der Waals surface area contributed by atoms with Gasteiger partial charge in [0.15, 0.2) is 0 Å². The largest absolute Gasteiger partial charge is 0.444 e. The van der Waals surface area contributed by atoms with Crippen LogP contribution in [0.1, 0.15) is 51.3 Å². The molecule has 1 amide bonds. The van der Waals surface area contributed by atoms with Gasteiger partial charge in [-0.05, 0) is 64.7 Å². The number of aromatic nitrogens is 1. The van der Waals surface area contributed by atoms with E-state index in [1.54, 1.807) is 0 Å². The van der Waals surface area contributed by atoms with Crippen LogP contribution in [0.15, 0.2) is 18.3 Å². The van der Waals surface area contributed by atoms with Crippen molar-refractivity contribution in [2.75, 3.05) is 13.1 Å². The Balaban J connectivity index is 1.44. The predicted molar refractivity (Wildman–Crippen MR) is 93.7 cm³/mol. The monoisotopic (exact) mass is 331 g/mol. The standard InChI is InChI=1S/C19H29N3O2/c1-14-9-15(6-8-20-14)11-21-16-5-7-19(10-16)12-22(13-19)17(23)24-18(2,3)4/h6,8-9,16,21H,5,7,10-13H2,1-4H3. The molecule has 2 aliphatic rings. The summed E-state index contributed by atoms with van der Waals surface area (Å²) in [6, 6.07) is 4.74. The lowest BCUT2D eigenvalue weighted by Gasteiger charge is -2.48. The topological polar surface area (TPSA) is 54.5 Å². The maximum absolute atomic E-state index is 12.1. The van der Waals surface area contributed by atoms with Crippen LogP contribution in [0.5, 0.6) is 0 Å². The minimum atomic E-state index is -0.414. The van der Waals surface area contributed by atoms with Crippen molar-refractivity contribution in [3.8, 4) is 0 Å². The third kappa shape index (κ3) is 4.07. The van der Waals surface area contributed by atoms with E-state index >= 15 is 0 Å². The van der Waals surface area contributed by atoms with Gasteiger partial charge in [0.1, 0.15) is 5.60 Å². The zero-order chi connectivity index (χ0) is 17.4. The summed E-state index contributed by atoms with van der Waals surface area (Å²) in [5.74, 6) is 0. The summed E-state index contributed by atoms with van der Waals surface area (Å²) in [5, 5.41) is 3.67. The van der Waals surface area contributed by atoms with Gasteiger partial charge in [0, 0.05) is 43.0 Å². The first-order chi connectivity index (χ1) is 11.2. The Morgan fingerprint density at radius 1 is 1.46 bits per heavy atom. The van der Waals surface area contributed by atoms with Gasteiger partial charge in [0.2, 0.25) is 0 Å². The summed E-state index contributed by atoms with van der Waals surface area (Å²) in [4.78, 5) is 18.2. The minimum absolute atomic E-state index is 0.170. The first kappa shape index (κ1) is 17.2. The lowest BCUT2D eigenvalue weighted by molar-refractivity contribution is -0.0326. The lowest BCUT2D eigenvalue weighted by Crippen LogP contribution is -2.58. The maximum Gasteiger partial charge on any atom is 0.410 e. The number of nitrogens with zero attached hydrogens (tertiary/aromatic N) is 2. The summed E-state index contributed by atoms with van der Waals surface area (Å²) >= 11 is 0. The average molecular weight is 331 g/mol. The van der Waals surface area contributed by atoms with E-state index in [0.717, 1.165) is 31.7 Å². The molecule has 1 spiro atoms. The number of rotatable bonds is 3. The lowest BCUT2D eigenvalue weighted by atomic mass is 9.78. The molecule has 132 valence electrons. The Labute approximate surface area is 144 Å². The molecule has 1 N–H and O–H groups in total. The van der Waals surface area contributed by atoms with Crippen molar-refractivity contribution < 1.29 is 9.53 Å². The Bertz CT molecular complexity index is 603. The maximum atomic E-state index is 12.1. The van der Waals surface area contributed by atoms with E-state index in [1.165, 1.54) is 18.4 Å². The molecule has 0 radical (unpaired) electrons. The molecule has 1 saturated carbocycles. The van der Waals surface area contributed by atoms with Gasteiger partial charge in [-0.15, -0.1) is 0 Å². The number of hydrogen-bond donors (Lipinski definition) is 1. The number of hydrogen-bond acceptors (Lipinski definition) is 4. The molecule has 1 saturated heterocycles. The number of ether oxygens (including phenoxy) is 1. The van der Waals surface area contributed by atoms with Crippen molar-refractivity contribution in [2.24, 2.45) is 5.41 Å². The molecule has 5 nitrogen and oxygen atoms in total. The van der Waals surface area contributed by atoms with E-state index in [4.69, 9.17) is 4.74 Å². The smallest absolute Gasteiger partial charge is 0.410 e. The fraction of sp³-hybridized carbons (Fsp3) is 0.684. The summed E-state index contributed by atoms with van der Waals surface area (Å²) < 4.78 is 5.45. The highest BCUT2D eigenvalue weighted by atomic mass is 16.6. The van der Waals surface area contributed by atoms with Crippen LogP contribution in [-0.4, -0.2) is 40.7 Å². The summed E-state index contributed by atoms with van der Waals surface area (Å²) in [6.07, 6.45) is 5.23. The van der Waals surface area contributed by atoms with Crippen LogP contribution >= 0.6 is 0 Å². The Morgan fingerprint density at radius 2 is 2.21 bits per heavy atom. The second kappa shape index (κ2) is 6.36. The Hall–Kier alpha value is -1.62. The van der Waals surface area contributed by atoms with Crippen LogP contribution < -0.4 is 5.32 Å². The number of nitrogens with one attached hydrogen (secondary N) is 1. The molecule has 1 aliphatic carbocycles. The first-order valence-electron chi connectivity index (χ1n) is 8.88. The normalized spacial score (nSPS) is 22.5. The van der Waals surface area contributed by atoms with Crippen molar-refractivity contribution >= 4 is 6.09 Å². The van der Waals surface area contributed by atoms with Crippen LogP contribution in [0.2, 0.25) is 0 Å². The zero-order valence-corrected chi connectivity index (χ0v) is 15.3. The third-order valence-corrected chi connectivity index (χ3v) is 4.96. The molecule has 0 bridgehead atoms. The van der Waals surface area contributed by atoms with Crippen molar-refractivity contribution in [3.05, 3.63) is 29.6 Å². The first-order valence-corrected chi connectivity index (χ1v) is 8.88. The van der Waals surface area contributed by atoms with Gasteiger partial charge in [-0.1, -0.05) is 0 Å². The molecule has 1 atom stereocenters. The summed E-state index contributed by atoms with van der Waals surface area (Å²) in [6.45, 7) is 10.3. The number of carbonyl (C=O) groups is 1. The van der Waals surface area contributed by atoms with E-state index in [1.807, 2.05) is 38.8 Å². The van der Waals surface area contributed by atoms with Gasteiger partial charge >= 0.3 is 6.09 Å². The van der Waals surface area contributed by atoms with Crippen molar-refractivity contribution in [3.63, 3.8) is 0 Å². The highest BCUT2D eigenvalue weighted by Crippen LogP contribution is 2.46. The van der Waals surface area contributed by atoms with Gasteiger partial charge in [-0.2, -0.15) is 0 Å². The number of pyridine rings is 1. The molecule has 2 fully saturated rings. The Morgan fingerprint density at radius 3 is 2.88 bits per heavy atom. The minimum Gasteiger partial charge on any atom is -0.444 e. The van der Waals surface area contributed by atoms with E-state index < -0.39 is 5.60 Å². The fourth-order valence-electron chi connectivity index (χ4n) is 3.86. The van der Waals surface area contributed by atoms with Crippen molar-refractivity contribution in [1.82, 2.24) is 15.2 Å². The van der Waals surface area contributed by atoms with Gasteiger partial charge in [0.05, 0.1) is 0 Å². The van der Waals surface area contributed by atoms with Gasteiger partial charge in [-0.25, -0.2) is 4.79 Å². The molecule has 0 aromatic carbocycles. The number of amides is 1. The number of likely N-dealkylation sites (tertiary alicyclic amines) is 1. The van der Waals surface area contributed by atoms with Crippen LogP contribution in [0, 0.1) is 12.3 Å². The molecule has 1 aromatic heterocycles. The van der Waals surface area contributed by atoms with Crippen molar-refractivity contribution in [1.29, 1.82) is 0 Å². The van der Waals surface area contributed by atoms with Crippen LogP contribution in [0.3, 0.4) is 0 Å². The molecular formula is C19H29N3O2. The molecule has 3 rings (SSSR count). The van der Waals surface area contributed by atoms with Crippen LogP contribution in [0.4, 0.5) is 4.79 Å². The SMILES string of the molecule is Cc1cc(CNC2CCC3(C2)CN(C(=O)OC(C)(C)C)C3)ccn1. The van der Waals surface area contributed by atoms with Crippen LogP contribution in [-0.2, 0) is 11.3 Å². The van der Waals surface area contributed by atoms with E-state index in [9.17, 15) is 4.79 Å².